The van der Waals surface area contributed by atoms with Crippen molar-refractivity contribution in [2.24, 2.45) is 11.8 Å². The molecule has 4 nitrogen and oxygen atoms in total. The summed E-state index contributed by atoms with van der Waals surface area (Å²) < 4.78 is 0. The summed E-state index contributed by atoms with van der Waals surface area (Å²) in [5.74, 6) is 0.143. The molecule has 1 aliphatic rings. The number of hydrogen-bond acceptors (Lipinski definition) is 2. The highest BCUT2D eigenvalue weighted by molar-refractivity contribution is 6.30. The van der Waals surface area contributed by atoms with Crippen molar-refractivity contribution in [2.75, 3.05) is 0 Å². The van der Waals surface area contributed by atoms with Gasteiger partial charge in [-0.1, -0.05) is 30.7 Å². The topological polar surface area (TPSA) is 58.2 Å². The Bertz CT molecular complexity index is 459. The van der Waals surface area contributed by atoms with Crippen LogP contribution in [0.15, 0.2) is 24.3 Å². The van der Waals surface area contributed by atoms with Crippen molar-refractivity contribution >= 4 is 23.4 Å². The third-order valence-electron chi connectivity index (χ3n) is 3.05. The molecule has 2 amide bonds. The maximum atomic E-state index is 11.6. The Morgan fingerprint density at radius 2 is 1.89 bits per heavy atom. The molecular formula is C13H15ClN2O2. The van der Waals surface area contributed by atoms with Gasteiger partial charge in [0.05, 0.1) is 6.42 Å². The Morgan fingerprint density at radius 3 is 2.44 bits per heavy atom. The van der Waals surface area contributed by atoms with Crippen LogP contribution in [0.25, 0.3) is 0 Å². The molecule has 2 unspecified atom stereocenters. The summed E-state index contributed by atoms with van der Waals surface area (Å²) in [5.41, 5.74) is 5.71. The first-order chi connectivity index (χ1) is 8.56. The summed E-state index contributed by atoms with van der Waals surface area (Å²) >= 11 is 5.75. The molecule has 0 saturated heterocycles. The van der Waals surface area contributed by atoms with Gasteiger partial charge in [0.25, 0.3) is 0 Å². The van der Waals surface area contributed by atoms with Gasteiger partial charge in [0, 0.05) is 10.9 Å². The van der Waals surface area contributed by atoms with E-state index < -0.39 is 0 Å². The normalized spacial score (nSPS) is 21.2. The van der Waals surface area contributed by atoms with Crippen molar-refractivity contribution in [3.63, 3.8) is 0 Å². The molecule has 2 N–H and O–H groups in total. The van der Waals surface area contributed by atoms with Crippen LogP contribution in [0.3, 0.4) is 0 Å². The number of hydrazine groups is 1. The number of halogens is 1. The number of nitrogens with one attached hydrogen (secondary N) is 2. The van der Waals surface area contributed by atoms with Crippen molar-refractivity contribution in [1.29, 1.82) is 0 Å². The maximum Gasteiger partial charge on any atom is 0.242 e. The van der Waals surface area contributed by atoms with Crippen LogP contribution >= 0.6 is 11.6 Å². The van der Waals surface area contributed by atoms with Gasteiger partial charge < -0.3 is 0 Å². The predicted octanol–water partition coefficient (Wildman–Crippen LogP) is 1.69. The van der Waals surface area contributed by atoms with E-state index in [0.717, 1.165) is 12.0 Å². The van der Waals surface area contributed by atoms with Gasteiger partial charge in [0.15, 0.2) is 0 Å². The van der Waals surface area contributed by atoms with Gasteiger partial charge in [-0.3, -0.25) is 20.4 Å². The molecule has 1 aliphatic carbocycles. The zero-order valence-electron chi connectivity index (χ0n) is 10.1. The molecule has 0 aromatic heterocycles. The van der Waals surface area contributed by atoms with E-state index in [1.54, 1.807) is 24.3 Å². The lowest BCUT2D eigenvalue weighted by Gasteiger charge is -2.07. The Kier molecular flexibility index (Phi) is 3.87. The van der Waals surface area contributed by atoms with Gasteiger partial charge in [0.1, 0.15) is 0 Å². The van der Waals surface area contributed by atoms with Gasteiger partial charge in [-0.05, 0) is 30.0 Å². The minimum atomic E-state index is -0.237. The molecule has 0 spiro atoms. The van der Waals surface area contributed by atoms with E-state index in [4.69, 9.17) is 11.6 Å². The van der Waals surface area contributed by atoms with E-state index in [1.807, 2.05) is 6.92 Å². The quantitative estimate of drug-likeness (QED) is 0.818. The predicted molar refractivity (Wildman–Crippen MR) is 68.7 cm³/mol. The van der Waals surface area contributed by atoms with Gasteiger partial charge in [-0.2, -0.15) is 0 Å². The minimum absolute atomic E-state index is 0.0563. The van der Waals surface area contributed by atoms with Crippen molar-refractivity contribution in [3.05, 3.63) is 34.9 Å². The van der Waals surface area contributed by atoms with Gasteiger partial charge >= 0.3 is 0 Å². The zero-order chi connectivity index (χ0) is 13.1. The highest BCUT2D eigenvalue weighted by atomic mass is 35.5. The van der Waals surface area contributed by atoms with E-state index in [2.05, 4.69) is 10.9 Å². The molecule has 1 saturated carbocycles. The molecule has 0 heterocycles. The lowest BCUT2D eigenvalue weighted by atomic mass is 10.1. The first kappa shape index (κ1) is 12.9. The monoisotopic (exact) mass is 266 g/mol. The average molecular weight is 267 g/mol. The van der Waals surface area contributed by atoms with Crippen LogP contribution in [-0.4, -0.2) is 11.8 Å². The molecule has 1 aromatic rings. The molecule has 0 radical (unpaired) electrons. The van der Waals surface area contributed by atoms with Gasteiger partial charge in [-0.15, -0.1) is 0 Å². The van der Waals surface area contributed by atoms with E-state index in [-0.39, 0.29) is 24.2 Å². The SMILES string of the molecule is CC1CC1C(=O)NNC(=O)Cc1ccc(Cl)cc1. The van der Waals surface area contributed by atoms with Gasteiger partial charge in [0.2, 0.25) is 11.8 Å². The lowest BCUT2D eigenvalue weighted by molar-refractivity contribution is -0.129. The summed E-state index contributed by atoms with van der Waals surface area (Å²) in [6, 6.07) is 7.03. The third kappa shape index (κ3) is 3.47. The molecule has 2 atom stereocenters. The van der Waals surface area contributed by atoms with Crippen LogP contribution in [0, 0.1) is 11.8 Å². The van der Waals surface area contributed by atoms with Gasteiger partial charge in [-0.25, -0.2) is 0 Å². The summed E-state index contributed by atoms with van der Waals surface area (Å²) in [4.78, 5) is 23.0. The Morgan fingerprint density at radius 1 is 1.28 bits per heavy atom. The summed E-state index contributed by atoms with van der Waals surface area (Å²) in [6.45, 7) is 2.01. The number of amides is 2. The molecular weight excluding hydrogens is 252 g/mol. The second-order valence-corrected chi connectivity index (χ2v) is 5.10. The highest BCUT2D eigenvalue weighted by Crippen LogP contribution is 2.37. The zero-order valence-corrected chi connectivity index (χ0v) is 10.8. The minimum Gasteiger partial charge on any atom is -0.273 e. The smallest absolute Gasteiger partial charge is 0.242 e. The highest BCUT2D eigenvalue weighted by Gasteiger charge is 2.39. The van der Waals surface area contributed by atoms with Crippen LogP contribution in [0.2, 0.25) is 5.02 Å². The number of rotatable bonds is 3. The molecule has 1 fully saturated rings. The summed E-state index contributed by atoms with van der Waals surface area (Å²) in [6.07, 6.45) is 1.12. The lowest BCUT2D eigenvalue weighted by Crippen LogP contribution is -2.43. The number of hydrogen-bond donors (Lipinski definition) is 2. The van der Waals surface area contributed by atoms with Crippen LogP contribution < -0.4 is 10.9 Å². The molecule has 96 valence electrons. The van der Waals surface area contributed by atoms with Crippen molar-refractivity contribution in [1.82, 2.24) is 10.9 Å². The van der Waals surface area contributed by atoms with Crippen LogP contribution in [0.1, 0.15) is 18.9 Å². The van der Waals surface area contributed by atoms with E-state index in [0.29, 0.717) is 10.9 Å². The molecule has 0 bridgehead atoms. The molecule has 0 aliphatic heterocycles. The molecule has 1 aromatic carbocycles. The number of benzene rings is 1. The fourth-order valence-corrected chi connectivity index (χ4v) is 1.87. The molecule has 5 heteroatoms. The van der Waals surface area contributed by atoms with E-state index >= 15 is 0 Å². The second-order valence-electron chi connectivity index (χ2n) is 4.66. The summed E-state index contributed by atoms with van der Waals surface area (Å²) in [5, 5.41) is 0.634. The largest absolute Gasteiger partial charge is 0.273 e. The maximum absolute atomic E-state index is 11.6. The van der Waals surface area contributed by atoms with Crippen LogP contribution in [-0.2, 0) is 16.0 Å². The summed E-state index contributed by atoms with van der Waals surface area (Å²) in [7, 11) is 0. The van der Waals surface area contributed by atoms with Crippen molar-refractivity contribution in [3.8, 4) is 0 Å². The second kappa shape index (κ2) is 5.40. The van der Waals surface area contributed by atoms with Crippen LogP contribution in [0.4, 0.5) is 0 Å². The number of carbonyl (C=O) groups excluding carboxylic acids is 2. The van der Waals surface area contributed by atoms with Crippen molar-refractivity contribution in [2.45, 2.75) is 19.8 Å². The van der Waals surface area contributed by atoms with E-state index in [9.17, 15) is 9.59 Å². The van der Waals surface area contributed by atoms with E-state index in [1.165, 1.54) is 0 Å². The van der Waals surface area contributed by atoms with Crippen LogP contribution in [0.5, 0.6) is 0 Å². The third-order valence-corrected chi connectivity index (χ3v) is 3.30. The fourth-order valence-electron chi connectivity index (χ4n) is 1.74. The van der Waals surface area contributed by atoms with Crippen molar-refractivity contribution < 1.29 is 9.59 Å². The first-order valence-corrected chi connectivity index (χ1v) is 6.27. The Labute approximate surface area is 111 Å². The first-order valence-electron chi connectivity index (χ1n) is 5.89. The average Bonchev–Trinajstić information content (AvgIpc) is 3.06. The number of carbonyl (C=O) groups is 2. The Balaban J connectivity index is 1.75. The molecule has 2 rings (SSSR count). The Hall–Kier alpha value is -1.55. The fraction of sp³-hybridized carbons (Fsp3) is 0.385. The molecule has 18 heavy (non-hydrogen) atoms. The standard InChI is InChI=1S/C13H15ClN2O2/c1-8-6-11(8)13(18)16-15-12(17)7-9-2-4-10(14)5-3-9/h2-5,8,11H,6-7H2,1H3,(H,15,17)(H,16,18).